The van der Waals surface area contributed by atoms with Gasteiger partial charge in [0.15, 0.2) is 0 Å². The van der Waals surface area contributed by atoms with Gasteiger partial charge < -0.3 is 10.3 Å². The fourth-order valence-electron chi connectivity index (χ4n) is 2.79. The van der Waals surface area contributed by atoms with E-state index >= 15 is 0 Å². The topological polar surface area (TPSA) is 66.5 Å². The zero-order chi connectivity index (χ0) is 17.9. The second kappa shape index (κ2) is 7.09. The second-order valence-electron chi connectivity index (χ2n) is 5.87. The molecule has 5 nitrogen and oxygen atoms in total. The molecule has 0 amide bonds. The van der Waals surface area contributed by atoms with Gasteiger partial charge in [0.2, 0.25) is 5.95 Å². The molecule has 0 unspecified atom stereocenters. The summed E-state index contributed by atoms with van der Waals surface area (Å²) in [5, 5.41) is 4.64. The number of nitrogens with zero attached hydrogens (tertiary/aromatic N) is 3. The third-order valence-corrected chi connectivity index (χ3v) is 4.53. The average Bonchev–Trinajstić information content (AvgIpc) is 3.06. The molecule has 0 aliphatic carbocycles. The molecular formula is C19H15ClFN5. The number of hydrogen-bond donors (Lipinski definition) is 2. The fraction of sp³-hybridized carbons (Fsp3) is 0.105. The van der Waals surface area contributed by atoms with Crippen LogP contribution in [0.5, 0.6) is 0 Å². The Balaban J connectivity index is 1.50. The highest BCUT2D eigenvalue weighted by Crippen LogP contribution is 2.21. The molecule has 0 saturated carbocycles. The van der Waals surface area contributed by atoms with Gasteiger partial charge in [-0.2, -0.15) is 4.39 Å². The Kier molecular flexibility index (Phi) is 4.50. The Labute approximate surface area is 154 Å². The number of rotatable bonds is 5. The number of aromatic amines is 1. The highest BCUT2D eigenvalue weighted by molar-refractivity contribution is 6.31. The highest BCUT2D eigenvalue weighted by Gasteiger charge is 2.11. The third kappa shape index (κ3) is 3.36. The van der Waals surface area contributed by atoms with Crippen LogP contribution < -0.4 is 5.32 Å². The van der Waals surface area contributed by atoms with E-state index in [4.69, 9.17) is 11.6 Å². The lowest BCUT2D eigenvalue weighted by atomic mass is 10.1. The van der Waals surface area contributed by atoms with Crippen molar-refractivity contribution in [3.63, 3.8) is 0 Å². The summed E-state index contributed by atoms with van der Waals surface area (Å²) < 4.78 is 14.4. The molecule has 130 valence electrons. The molecule has 0 saturated heterocycles. The van der Waals surface area contributed by atoms with Gasteiger partial charge in [0.1, 0.15) is 17.8 Å². The average molecular weight is 368 g/mol. The van der Waals surface area contributed by atoms with Gasteiger partial charge in [-0.15, -0.1) is 0 Å². The van der Waals surface area contributed by atoms with Gasteiger partial charge in [-0.3, -0.25) is 0 Å². The minimum absolute atomic E-state index is 0.414. The van der Waals surface area contributed by atoms with Gasteiger partial charge in [0.25, 0.3) is 0 Å². The molecule has 0 atom stereocenters. The number of benzene rings is 1. The number of nitrogens with one attached hydrogen (secondary N) is 2. The van der Waals surface area contributed by atoms with Crippen molar-refractivity contribution in [2.45, 2.75) is 13.0 Å². The maximum Gasteiger partial charge on any atom is 0.218 e. The Bertz CT molecular complexity index is 1060. The third-order valence-electron chi connectivity index (χ3n) is 4.17. The van der Waals surface area contributed by atoms with E-state index in [-0.39, 0.29) is 0 Å². The van der Waals surface area contributed by atoms with Crippen molar-refractivity contribution in [3.05, 3.63) is 82.8 Å². The van der Waals surface area contributed by atoms with Crippen molar-refractivity contribution in [3.8, 4) is 0 Å². The second-order valence-corrected chi connectivity index (χ2v) is 6.27. The van der Waals surface area contributed by atoms with Gasteiger partial charge in [0, 0.05) is 41.3 Å². The van der Waals surface area contributed by atoms with Gasteiger partial charge in [-0.05, 0) is 23.3 Å². The SMILES string of the molecule is Fc1nc(NCc2ccccc2Cl)ccc1Cc1c[nH]c2ncncc12. The molecule has 0 spiro atoms. The molecule has 0 aliphatic heterocycles. The number of pyridine rings is 1. The van der Waals surface area contributed by atoms with Crippen LogP contribution in [0.25, 0.3) is 11.0 Å². The quantitative estimate of drug-likeness (QED) is 0.515. The predicted octanol–water partition coefficient (Wildman–Crippen LogP) is 4.35. The molecule has 3 heterocycles. The molecule has 0 fully saturated rings. The predicted molar refractivity (Wildman–Crippen MR) is 99.7 cm³/mol. The molecule has 4 aromatic rings. The van der Waals surface area contributed by atoms with E-state index in [0.717, 1.165) is 22.2 Å². The van der Waals surface area contributed by atoms with Crippen LogP contribution in [0.1, 0.15) is 16.7 Å². The summed E-state index contributed by atoms with van der Waals surface area (Å²) in [4.78, 5) is 15.2. The van der Waals surface area contributed by atoms with E-state index < -0.39 is 5.95 Å². The molecule has 2 N–H and O–H groups in total. The van der Waals surface area contributed by atoms with E-state index in [0.29, 0.717) is 29.4 Å². The monoisotopic (exact) mass is 367 g/mol. The van der Waals surface area contributed by atoms with E-state index in [1.807, 2.05) is 30.5 Å². The maximum atomic E-state index is 14.4. The first kappa shape index (κ1) is 16.5. The number of hydrogen-bond acceptors (Lipinski definition) is 4. The summed E-state index contributed by atoms with van der Waals surface area (Å²) in [5.74, 6) is -0.0335. The highest BCUT2D eigenvalue weighted by atomic mass is 35.5. The smallest absolute Gasteiger partial charge is 0.218 e. The lowest BCUT2D eigenvalue weighted by Gasteiger charge is -2.09. The molecule has 26 heavy (non-hydrogen) atoms. The van der Waals surface area contributed by atoms with Gasteiger partial charge in [0.05, 0.1) is 0 Å². The Morgan fingerprint density at radius 3 is 2.81 bits per heavy atom. The standard InChI is InChI=1S/C19H15ClFN5/c20-16-4-2-1-3-13(16)8-23-17-6-5-12(18(21)26-17)7-14-9-24-19-15(14)10-22-11-25-19/h1-6,9-11H,7-8H2,(H,23,26)(H,22,24,25). The van der Waals surface area contributed by atoms with Crippen LogP contribution in [0.3, 0.4) is 0 Å². The molecule has 1 aromatic carbocycles. The van der Waals surface area contributed by atoms with Crippen LogP contribution in [0.15, 0.2) is 55.1 Å². The zero-order valence-electron chi connectivity index (χ0n) is 13.7. The van der Waals surface area contributed by atoms with Crippen LogP contribution in [0.2, 0.25) is 5.02 Å². The first-order valence-electron chi connectivity index (χ1n) is 8.09. The number of H-pyrrole nitrogens is 1. The molecule has 0 bridgehead atoms. The Hall–Kier alpha value is -2.99. The normalized spacial score (nSPS) is 11.0. The number of halogens is 2. The van der Waals surface area contributed by atoms with Crippen LogP contribution in [-0.4, -0.2) is 19.9 Å². The minimum Gasteiger partial charge on any atom is -0.366 e. The van der Waals surface area contributed by atoms with Crippen molar-refractivity contribution >= 4 is 28.5 Å². The van der Waals surface area contributed by atoms with Gasteiger partial charge in [-0.25, -0.2) is 15.0 Å². The maximum absolute atomic E-state index is 14.4. The summed E-state index contributed by atoms with van der Waals surface area (Å²) in [6.45, 7) is 0.477. The molecular weight excluding hydrogens is 353 g/mol. The summed E-state index contributed by atoms with van der Waals surface area (Å²) in [7, 11) is 0. The van der Waals surface area contributed by atoms with Crippen LogP contribution in [0, 0.1) is 5.95 Å². The first-order chi connectivity index (χ1) is 12.7. The van der Waals surface area contributed by atoms with E-state index in [1.54, 1.807) is 18.3 Å². The van der Waals surface area contributed by atoms with Crippen molar-refractivity contribution in [1.82, 2.24) is 19.9 Å². The van der Waals surface area contributed by atoms with Gasteiger partial charge in [-0.1, -0.05) is 35.9 Å². The first-order valence-corrected chi connectivity index (χ1v) is 8.47. The van der Waals surface area contributed by atoms with Crippen molar-refractivity contribution in [2.24, 2.45) is 0 Å². The van der Waals surface area contributed by atoms with Gasteiger partial charge >= 0.3 is 0 Å². The molecule has 4 rings (SSSR count). The van der Waals surface area contributed by atoms with Crippen molar-refractivity contribution < 1.29 is 4.39 Å². The number of anilines is 1. The van der Waals surface area contributed by atoms with Crippen molar-refractivity contribution in [2.75, 3.05) is 5.32 Å². The lowest BCUT2D eigenvalue weighted by Crippen LogP contribution is -2.04. The van der Waals surface area contributed by atoms with Crippen LogP contribution in [-0.2, 0) is 13.0 Å². The summed E-state index contributed by atoms with van der Waals surface area (Å²) in [6, 6.07) is 11.0. The molecule has 0 radical (unpaired) electrons. The fourth-order valence-corrected chi connectivity index (χ4v) is 2.99. The van der Waals surface area contributed by atoms with Crippen LogP contribution in [0.4, 0.5) is 10.2 Å². The Morgan fingerprint density at radius 2 is 1.96 bits per heavy atom. The minimum atomic E-state index is -0.500. The summed E-state index contributed by atoms with van der Waals surface area (Å²) >= 11 is 6.13. The summed E-state index contributed by atoms with van der Waals surface area (Å²) in [6.07, 6.45) is 5.43. The number of aromatic nitrogens is 4. The van der Waals surface area contributed by atoms with Crippen molar-refractivity contribution in [1.29, 1.82) is 0 Å². The van der Waals surface area contributed by atoms with E-state index in [9.17, 15) is 4.39 Å². The largest absolute Gasteiger partial charge is 0.366 e. The summed E-state index contributed by atoms with van der Waals surface area (Å²) in [5.41, 5.74) is 3.11. The molecule has 7 heteroatoms. The zero-order valence-corrected chi connectivity index (χ0v) is 14.5. The lowest BCUT2D eigenvalue weighted by molar-refractivity contribution is 0.571. The van der Waals surface area contributed by atoms with E-state index in [1.165, 1.54) is 6.33 Å². The van der Waals surface area contributed by atoms with Crippen LogP contribution >= 0.6 is 11.6 Å². The number of fused-ring (bicyclic) bond motifs is 1. The Morgan fingerprint density at radius 1 is 1.08 bits per heavy atom. The molecule has 0 aliphatic rings. The molecule has 3 aromatic heterocycles. The van der Waals surface area contributed by atoms with E-state index in [2.05, 4.69) is 25.3 Å².